The third kappa shape index (κ3) is 3.33. The minimum absolute atomic E-state index is 0.129. The van der Waals surface area contributed by atoms with Gasteiger partial charge in [-0.25, -0.2) is 4.98 Å². The van der Waals surface area contributed by atoms with Gasteiger partial charge in [-0.15, -0.1) is 0 Å². The van der Waals surface area contributed by atoms with Crippen LogP contribution in [0.4, 0.5) is 0 Å². The topological polar surface area (TPSA) is 42.4 Å². The molecular weight excluding hydrogens is 226 g/mol. The summed E-state index contributed by atoms with van der Waals surface area (Å²) in [5, 5.41) is 9.54. The summed E-state index contributed by atoms with van der Waals surface area (Å²) in [6.07, 6.45) is 8.26. The summed E-state index contributed by atoms with van der Waals surface area (Å²) in [6.45, 7) is 0.129. The third-order valence-corrected chi connectivity index (χ3v) is 3.60. The molecule has 0 saturated heterocycles. The monoisotopic (exact) mass is 247 g/mol. The first-order valence-corrected chi connectivity index (χ1v) is 6.66. The zero-order valence-corrected chi connectivity index (χ0v) is 10.9. The fraction of sp³-hybridized carbons (Fsp3) is 0.533. The second kappa shape index (κ2) is 6.55. The lowest BCUT2D eigenvalue weighted by Crippen LogP contribution is -2.11. The second-order valence-electron chi connectivity index (χ2n) is 4.82. The molecule has 3 nitrogen and oxygen atoms in total. The van der Waals surface area contributed by atoms with Gasteiger partial charge in [-0.05, 0) is 36.5 Å². The van der Waals surface area contributed by atoms with E-state index in [1.807, 2.05) is 24.3 Å². The van der Waals surface area contributed by atoms with Crippen LogP contribution in [-0.2, 0) is 0 Å². The molecule has 0 aliphatic heterocycles. The average Bonchev–Trinajstić information content (AvgIpc) is 2.46. The Morgan fingerprint density at radius 1 is 1.39 bits per heavy atom. The van der Waals surface area contributed by atoms with Gasteiger partial charge < -0.3 is 9.84 Å². The van der Waals surface area contributed by atoms with Crippen molar-refractivity contribution in [1.82, 2.24) is 4.98 Å². The first kappa shape index (κ1) is 13.1. The molecule has 0 aromatic carbocycles. The van der Waals surface area contributed by atoms with Gasteiger partial charge in [-0.3, -0.25) is 0 Å². The van der Waals surface area contributed by atoms with E-state index < -0.39 is 0 Å². The van der Waals surface area contributed by atoms with Crippen molar-refractivity contribution in [3.63, 3.8) is 0 Å². The van der Waals surface area contributed by atoms with Gasteiger partial charge in [0.1, 0.15) is 0 Å². The average molecular weight is 247 g/mol. The first-order valence-electron chi connectivity index (χ1n) is 6.66. The second-order valence-corrected chi connectivity index (χ2v) is 4.82. The molecule has 1 N–H and O–H groups in total. The summed E-state index contributed by atoms with van der Waals surface area (Å²) in [4.78, 5) is 4.36. The van der Waals surface area contributed by atoms with Crippen molar-refractivity contribution in [3.05, 3.63) is 29.5 Å². The molecule has 2 rings (SSSR count). The fourth-order valence-electron chi connectivity index (χ4n) is 2.58. The molecule has 0 amide bonds. The van der Waals surface area contributed by atoms with Crippen LogP contribution < -0.4 is 4.74 Å². The summed E-state index contributed by atoms with van der Waals surface area (Å²) in [6, 6.07) is 5.70. The van der Waals surface area contributed by atoms with Crippen LogP contribution in [0, 0.1) is 5.92 Å². The van der Waals surface area contributed by atoms with E-state index in [0.717, 1.165) is 11.3 Å². The number of nitrogens with zero attached hydrogens (tertiary/aromatic N) is 1. The standard InChI is InChI=1S/C15H21NO2/c1-18-15-9-5-8-14(16-15)10-13(11-17)12-6-3-2-4-7-12/h5,8-10,12,17H,2-4,6-7,11H2,1H3/b13-10-. The van der Waals surface area contributed by atoms with Crippen molar-refractivity contribution in [2.75, 3.05) is 13.7 Å². The van der Waals surface area contributed by atoms with Gasteiger partial charge in [-0.1, -0.05) is 25.3 Å². The number of aliphatic hydroxyl groups is 1. The summed E-state index contributed by atoms with van der Waals surface area (Å²) >= 11 is 0. The molecule has 1 saturated carbocycles. The van der Waals surface area contributed by atoms with E-state index in [9.17, 15) is 5.11 Å². The Morgan fingerprint density at radius 2 is 2.17 bits per heavy atom. The van der Waals surface area contributed by atoms with E-state index in [1.54, 1.807) is 7.11 Å². The molecule has 1 aliphatic carbocycles. The number of rotatable bonds is 4. The van der Waals surface area contributed by atoms with Crippen LogP contribution in [-0.4, -0.2) is 23.8 Å². The number of hydrogen-bond acceptors (Lipinski definition) is 3. The lowest BCUT2D eigenvalue weighted by molar-refractivity contribution is 0.295. The Morgan fingerprint density at radius 3 is 2.83 bits per heavy atom. The third-order valence-electron chi connectivity index (χ3n) is 3.60. The van der Waals surface area contributed by atoms with Gasteiger partial charge in [0.05, 0.1) is 19.4 Å². The Bertz CT molecular complexity index is 409. The highest BCUT2D eigenvalue weighted by atomic mass is 16.5. The summed E-state index contributed by atoms with van der Waals surface area (Å²) < 4.78 is 5.11. The Labute approximate surface area is 109 Å². The fourth-order valence-corrected chi connectivity index (χ4v) is 2.58. The molecule has 0 spiro atoms. The molecule has 1 aromatic heterocycles. The number of methoxy groups -OCH3 is 1. The van der Waals surface area contributed by atoms with Crippen LogP contribution in [0.1, 0.15) is 37.8 Å². The maximum absolute atomic E-state index is 9.54. The lowest BCUT2D eigenvalue weighted by Gasteiger charge is -2.23. The van der Waals surface area contributed by atoms with Crippen molar-refractivity contribution >= 4 is 6.08 Å². The Kier molecular flexibility index (Phi) is 4.76. The predicted molar refractivity (Wildman–Crippen MR) is 72.4 cm³/mol. The number of aromatic nitrogens is 1. The van der Waals surface area contributed by atoms with Crippen molar-refractivity contribution in [1.29, 1.82) is 0 Å². The summed E-state index contributed by atoms with van der Waals surface area (Å²) in [5.74, 6) is 1.14. The van der Waals surface area contributed by atoms with E-state index in [2.05, 4.69) is 4.98 Å². The van der Waals surface area contributed by atoms with Gasteiger partial charge in [0.2, 0.25) is 5.88 Å². The largest absolute Gasteiger partial charge is 0.481 e. The molecule has 0 unspecified atom stereocenters. The minimum Gasteiger partial charge on any atom is -0.481 e. The van der Waals surface area contributed by atoms with Crippen LogP contribution >= 0.6 is 0 Å². The van der Waals surface area contributed by atoms with Gasteiger partial charge in [-0.2, -0.15) is 0 Å². The van der Waals surface area contributed by atoms with Crippen molar-refractivity contribution < 1.29 is 9.84 Å². The van der Waals surface area contributed by atoms with Crippen molar-refractivity contribution in [2.24, 2.45) is 5.92 Å². The Hall–Kier alpha value is -1.35. The number of ether oxygens (including phenoxy) is 1. The van der Waals surface area contributed by atoms with Crippen molar-refractivity contribution in [2.45, 2.75) is 32.1 Å². The molecule has 1 aromatic rings. The molecule has 0 atom stereocenters. The Balaban J connectivity index is 2.16. The SMILES string of the molecule is COc1cccc(/C=C(/CO)C2CCCCC2)n1. The van der Waals surface area contributed by atoms with Crippen molar-refractivity contribution in [3.8, 4) is 5.88 Å². The van der Waals surface area contributed by atoms with Crippen LogP contribution in [0.3, 0.4) is 0 Å². The molecule has 3 heteroatoms. The highest BCUT2D eigenvalue weighted by Crippen LogP contribution is 2.30. The lowest BCUT2D eigenvalue weighted by atomic mass is 9.83. The van der Waals surface area contributed by atoms with Gasteiger partial charge in [0, 0.05) is 6.07 Å². The molecule has 98 valence electrons. The van der Waals surface area contributed by atoms with E-state index >= 15 is 0 Å². The van der Waals surface area contributed by atoms with E-state index in [-0.39, 0.29) is 6.61 Å². The molecule has 18 heavy (non-hydrogen) atoms. The quantitative estimate of drug-likeness (QED) is 0.889. The molecular formula is C15H21NO2. The number of pyridine rings is 1. The molecule has 0 radical (unpaired) electrons. The van der Waals surface area contributed by atoms with Gasteiger partial charge >= 0.3 is 0 Å². The molecule has 1 fully saturated rings. The molecule has 1 aliphatic rings. The number of hydrogen-bond donors (Lipinski definition) is 1. The summed E-state index contributed by atoms with van der Waals surface area (Å²) in [7, 11) is 1.61. The van der Waals surface area contributed by atoms with E-state index in [4.69, 9.17) is 4.74 Å². The maximum Gasteiger partial charge on any atom is 0.213 e. The van der Waals surface area contributed by atoms with E-state index in [1.165, 1.54) is 32.1 Å². The predicted octanol–water partition coefficient (Wildman–Crippen LogP) is 3.05. The maximum atomic E-state index is 9.54. The zero-order valence-electron chi connectivity index (χ0n) is 10.9. The van der Waals surface area contributed by atoms with Crippen LogP contribution in [0.25, 0.3) is 6.08 Å². The molecule has 0 bridgehead atoms. The highest BCUT2D eigenvalue weighted by molar-refractivity contribution is 5.50. The van der Waals surface area contributed by atoms with Gasteiger partial charge in [0.15, 0.2) is 0 Å². The van der Waals surface area contributed by atoms with Gasteiger partial charge in [0.25, 0.3) is 0 Å². The van der Waals surface area contributed by atoms with Crippen LogP contribution in [0.2, 0.25) is 0 Å². The highest BCUT2D eigenvalue weighted by Gasteiger charge is 2.17. The first-order chi connectivity index (χ1) is 8.83. The normalized spacial score (nSPS) is 17.8. The van der Waals surface area contributed by atoms with Crippen LogP contribution in [0.15, 0.2) is 23.8 Å². The zero-order chi connectivity index (χ0) is 12.8. The molecule has 1 heterocycles. The minimum atomic E-state index is 0.129. The number of aliphatic hydroxyl groups excluding tert-OH is 1. The summed E-state index contributed by atoms with van der Waals surface area (Å²) in [5.41, 5.74) is 1.97. The van der Waals surface area contributed by atoms with Crippen LogP contribution in [0.5, 0.6) is 5.88 Å². The van der Waals surface area contributed by atoms with E-state index in [0.29, 0.717) is 11.8 Å². The smallest absolute Gasteiger partial charge is 0.213 e.